The molecule has 2 heterocycles. The third kappa shape index (κ3) is 2.80. The molecule has 2 unspecified atom stereocenters. The number of β-amino-alcohol motifs (C(OH)–C–C–N with tert-alkyl or cyclic N) is 1. The molecule has 0 amide bonds. The molecule has 0 spiro atoms. The summed E-state index contributed by atoms with van der Waals surface area (Å²) in [7, 11) is 1.35. The molecular formula is C12H15ClN2O3. The molecule has 0 bridgehead atoms. The predicted octanol–water partition coefficient (Wildman–Crippen LogP) is 0.843. The molecule has 1 fully saturated rings. The number of pyridine rings is 1. The van der Waals surface area contributed by atoms with Crippen LogP contribution in [0.2, 0.25) is 5.02 Å². The zero-order chi connectivity index (χ0) is 13.1. The third-order valence-corrected chi connectivity index (χ3v) is 3.42. The molecule has 6 heteroatoms. The summed E-state index contributed by atoms with van der Waals surface area (Å²) in [6.07, 6.45) is 3.11. The molecule has 0 aromatic carbocycles. The van der Waals surface area contributed by atoms with Crippen molar-refractivity contribution in [2.75, 3.05) is 13.7 Å². The Morgan fingerprint density at radius 3 is 3.17 bits per heavy atom. The number of methoxy groups -OCH3 is 1. The van der Waals surface area contributed by atoms with Crippen LogP contribution in [0.4, 0.5) is 0 Å². The van der Waals surface area contributed by atoms with Crippen molar-refractivity contribution >= 4 is 17.6 Å². The van der Waals surface area contributed by atoms with Gasteiger partial charge >= 0.3 is 5.97 Å². The lowest BCUT2D eigenvalue weighted by molar-refractivity contribution is -0.146. The standard InChI is InChI=1S/C12H15ClN2O3/c1-18-12(17)11-4-9(16)7-15(11)6-8-2-3-14-5-10(8)13/h2-3,5,9,11,16H,4,6-7H2,1H3. The fourth-order valence-corrected chi connectivity index (χ4v) is 2.37. The number of carbonyl (C=O) groups excluding carboxylic acids is 1. The number of hydrogen-bond donors (Lipinski definition) is 1. The zero-order valence-electron chi connectivity index (χ0n) is 10.0. The van der Waals surface area contributed by atoms with Crippen LogP contribution in [-0.2, 0) is 16.1 Å². The maximum atomic E-state index is 11.6. The summed E-state index contributed by atoms with van der Waals surface area (Å²) in [5.41, 5.74) is 0.884. The van der Waals surface area contributed by atoms with Crippen LogP contribution in [0, 0.1) is 0 Å². The number of aliphatic hydroxyl groups is 1. The van der Waals surface area contributed by atoms with E-state index in [1.54, 1.807) is 18.5 Å². The number of nitrogens with zero attached hydrogens (tertiary/aromatic N) is 2. The van der Waals surface area contributed by atoms with Crippen molar-refractivity contribution in [3.05, 3.63) is 29.0 Å². The number of aliphatic hydroxyl groups excluding tert-OH is 1. The second-order valence-corrected chi connectivity index (χ2v) is 4.73. The summed E-state index contributed by atoms with van der Waals surface area (Å²) in [6.45, 7) is 0.941. The van der Waals surface area contributed by atoms with Gasteiger partial charge < -0.3 is 9.84 Å². The van der Waals surface area contributed by atoms with E-state index in [1.165, 1.54) is 7.11 Å². The first-order valence-electron chi connectivity index (χ1n) is 5.70. The van der Waals surface area contributed by atoms with Crippen molar-refractivity contribution in [1.29, 1.82) is 0 Å². The number of halogens is 1. The minimum absolute atomic E-state index is 0.322. The van der Waals surface area contributed by atoms with E-state index in [4.69, 9.17) is 16.3 Å². The Labute approximate surface area is 110 Å². The van der Waals surface area contributed by atoms with Gasteiger partial charge in [0, 0.05) is 31.9 Å². The molecule has 0 aliphatic carbocycles. The Hall–Kier alpha value is -1.17. The van der Waals surface area contributed by atoms with E-state index in [1.807, 2.05) is 4.90 Å². The highest BCUT2D eigenvalue weighted by Gasteiger charge is 2.36. The van der Waals surface area contributed by atoms with Gasteiger partial charge in [-0.15, -0.1) is 0 Å². The van der Waals surface area contributed by atoms with E-state index >= 15 is 0 Å². The quantitative estimate of drug-likeness (QED) is 0.825. The molecule has 1 N–H and O–H groups in total. The van der Waals surface area contributed by atoms with Crippen molar-refractivity contribution in [2.24, 2.45) is 0 Å². The highest BCUT2D eigenvalue weighted by Crippen LogP contribution is 2.24. The van der Waals surface area contributed by atoms with Crippen molar-refractivity contribution in [3.8, 4) is 0 Å². The number of rotatable bonds is 3. The molecule has 1 saturated heterocycles. The van der Waals surface area contributed by atoms with Crippen molar-refractivity contribution in [2.45, 2.75) is 25.1 Å². The lowest BCUT2D eigenvalue weighted by atomic mass is 10.2. The van der Waals surface area contributed by atoms with Crippen molar-refractivity contribution in [1.82, 2.24) is 9.88 Å². The summed E-state index contributed by atoms with van der Waals surface area (Å²) in [5, 5.41) is 10.2. The Morgan fingerprint density at radius 1 is 1.72 bits per heavy atom. The maximum absolute atomic E-state index is 11.6. The van der Waals surface area contributed by atoms with Gasteiger partial charge in [0.15, 0.2) is 0 Å². The van der Waals surface area contributed by atoms with Crippen LogP contribution >= 0.6 is 11.6 Å². The molecule has 2 atom stereocenters. The van der Waals surface area contributed by atoms with Crippen LogP contribution in [0.25, 0.3) is 0 Å². The van der Waals surface area contributed by atoms with Gasteiger partial charge in [0.2, 0.25) is 0 Å². The Bertz CT molecular complexity index is 441. The summed E-state index contributed by atoms with van der Waals surface area (Å²) in [4.78, 5) is 17.4. The van der Waals surface area contributed by atoms with Gasteiger partial charge in [-0.25, -0.2) is 0 Å². The molecule has 2 rings (SSSR count). The van der Waals surface area contributed by atoms with Crippen LogP contribution in [-0.4, -0.2) is 46.8 Å². The minimum atomic E-state index is -0.505. The molecule has 1 aromatic rings. The average molecular weight is 271 g/mol. The predicted molar refractivity (Wildman–Crippen MR) is 66.1 cm³/mol. The summed E-state index contributed by atoms with van der Waals surface area (Å²) in [5.74, 6) is -0.322. The first-order valence-corrected chi connectivity index (χ1v) is 6.08. The Kier molecular flexibility index (Phi) is 4.16. The lowest BCUT2D eigenvalue weighted by Crippen LogP contribution is -2.36. The SMILES string of the molecule is COC(=O)C1CC(O)CN1Cc1ccncc1Cl. The van der Waals surface area contributed by atoms with Crippen LogP contribution in [0.1, 0.15) is 12.0 Å². The first kappa shape index (κ1) is 13.3. The molecule has 98 valence electrons. The number of esters is 1. The van der Waals surface area contributed by atoms with E-state index in [-0.39, 0.29) is 5.97 Å². The largest absolute Gasteiger partial charge is 0.468 e. The minimum Gasteiger partial charge on any atom is -0.468 e. The van der Waals surface area contributed by atoms with Gasteiger partial charge in [0.05, 0.1) is 18.2 Å². The molecule has 1 aliphatic heterocycles. The van der Waals surface area contributed by atoms with Gasteiger partial charge in [-0.2, -0.15) is 0 Å². The van der Waals surface area contributed by atoms with E-state index in [9.17, 15) is 9.90 Å². The van der Waals surface area contributed by atoms with Crippen LogP contribution in [0.5, 0.6) is 0 Å². The topological polar surface area (TPSA) is 62.7 Å². The van der Waals surface area contributed by atoms with Gasteiger partial charge in [-0.3, -0.25) is 14.7 Å². The van der Waals surface area contributed by atoms with E-state index in [2.05, 4.69) is 4.98 Å². The van der Waals surface area contributed by atoms with Crippen molar-refractivity contribution in [3.63, 3.8) is 0 Å². The number of likely N-dealkylation sites (tertiary alicyclic amines) is 1. The Balaban J connectivity index is 2.12. The van der Waals surface area contributed by atoms with Gasteiger partial charge in [-0.1, -0.05) is 11.6 Å². The molecular weight excluding hydrogens is 256 g/mol. The number of carbonyl (C=O) groups is 1. The molecule has 5 nitrogen and oxygen atoms in total. The monoisotopic (exact) mass is 270 g/mol. The van der Waals surface area contributed by atoms with Gasteiger partial charge in [0.25, 0.3) is 0 Å². The van der Waals surface area contributed by atoms with Gasteiger partial charge in [0.1, 0.15) is 6.04 Å². The van der Waals surface area contributed by atoms with Crippen LogP contribution in [0.15, 0.2) is 18.5 Å². The highest BCUT2D eigenvalue weighted by molar-refractivity contribution is 6.31. The second kappa shape index (κ2) is 5.65. The smallest absolute Gasteiger partial charge is 0.323 e. The molecule has 1 aromatic heterocycles. The molecule has 0 radical (unpaired) electrons. The fourth-order valence-electron chi connectivity index (χ4n) is 2.19. The normalized spacial score (nSPS) is 24.2. The number of ether oxygens (including phenoxy) is 1. The average Bonchev–Trinajstić information content (AvgIpc) is 2.72. The maximum Gasteiger partial charge on any atom is 0.323 e. The summed E-state index contributed by atoms with van der Waals surface area (Å²) < 4.78 is 4.74. The molecule has 1 aliphatic rings. The van der Waals surface area contributed by atoms with Gasteiger partial charge in [-0.05, 0) is 11.6 Å². The second-order valence-electron chi connectivity index (χ2n) is 4.33. The third-order valence-electron chi connectivity index (χ3n) is 3.08. The first-order chi connectivity index (χ1) is 8.61. The van der Waals surface area contributed by atoms with E-state index < -0.39 is 12.1 Å². The number of hydrogen-bond acceptors (Lipinski definition) is 5. The summed E-state index contributed by atoms with van der Waals surface area (Å²) in [6, 6.07) is 1.40. The zero-order valence-corrected chi connectivity index (χ0v) is 10.8. The van der Waals surface area contributed by atoms with E-state index in [0.717, 1.165) is 5.56 Å². The van der Waals surface area contributed by atoms with Crippen molar-refractivity contribution < 1.29 is 14.6 Å². The molecule has 18 heavy (non-hydrogen) atoms. The van der Waals surface area contributed by atoms with Crippen LogP contribution in [0.3, 0.4) is 0 Å². The molecule has 0 saturated carbocycles. The summed E-state index contributed by atoms with van der Waals surface area (Å²) >= 11 is 6.03. The van der Waals surface area contributed by atoms with Crippen LogP contribution < -0.4 is 0 Å². The highest BCUT2D eigenvalue weighted by atomic mass is 35.5. The number of aromatic nitrogens is 1. The van der Waals surface area contributed by atoms with E-state index in [0.29, 0.717) is 24.5 Å². The fraction of sp³-hybridized carbons (Fsp3) is 0.500. The lowest BCUT2D eigenvalue weighted by Gasteiger charge is -2.22. The Morgan fingerprint density at radius 2 is 2.50 bits per heavy atom.